The van der Waals surface area contributed by atoms with Crippen molar-refractivity contribution in [2.24, 2.45) is 0 Å². The average Bonchev–Trinajstić information content (AvgIpc) is 2.76. The summed E-state index contributed by atoms with van der Waals surface area (Å²) < 4.78 is 10.6. The van der Waals surface area contributed by atoms with Crippen LogP contribution < -0.4 is 20.1 Å². The first kappa shape index (κ1) is 20.9. The second-order valence-electron chi connectivity index (χ2n) is 6.83. The highest BCUT2D eigenvalue weighted by atomic mass is 16.5. The Hall–Kier alpha value is -3.80. The fraction of sp³-hybridized carbons (Fsp3) is 0.167. The molecular formula is C24H24N2O4. The fourth-order valence-corrected chi connectivity index (χ4v) is 2.99. The van der Waals surface area contributed by atoms with Crippen LogP contribution in [0, 0.1) is 13.8 Å². The standard InChI is InChI=1S/C24H24N2O4/c1-15-10-11-18(13-19(15)25-23(27)17-8-6-5-7-9-17)24(28)26-20-14-22(30-4)21(29-3)12-16(20)2/h5-14H,1-4H3,(H,25,27)(H,26,28). The Morgan fingerprint density at radius 1 is 0.667 bits per heavy atom. The van der Waals surface area contributed by atoms with Gasteiger partial charge in [0.2, 0.25) is 0 Å². The maximum atomic E-state index is 12.8. The van der Waals surface area contributed by atoms with Gasteiger partial charge in [0.05, 0.1) is 14.2 Å². The molecular weight excluding hydrogens is 380 g/mol. The third-order valence-corrected chi connectivity index (χ3v) is 4.76. The fourth-order valence-electron chi connectivity index (χ4n) is 2.99. The van der Waals surface area contributed by atoms with Crippen molar-refractivity contribution in [2.45, 2.75) is 13.8 Å². The zero-order chi connectivity index (χ0) is 21.7. The molecule has 0 fully saturated rings. The zero-order valence-corrected chi connectivity index (χ0v) is 17.4. The third-order valence-electron chi connectivity index (χ3n) is 4.76. The van der Waals surface area contributed by atoms with E-state index in [1.54, 1.807) is 68.8 Å². The summed E-state index contributed by atoms with van der Waals surface area (Å²) in [6, 6.07) is 17.6. The van der Waals surface area contributed by atoms with E-state index in [2.05, 4.69) is 10.6 Å². The van der Waals surface area contributed by atoms with Crippen LogP contribution in [0.2, 0.25) is 0 Å². The lowest BCUT2D eigenvalue weighted by atomic mass is 10.1. The van der Waals surface area contributed by atoms with Crippen molar-refractivity contribution in [3.05, 3.63) is 82.9 Å². The Kier molecular flexibility index (Phi) is 6.37. The maximum absolute atomic E-state index is 12.8. The minimum absolute atomic E-state index is 0.230. The van der Waals surface area contributed by atoms with Gasteiger partial charge in [-0.15, -0.1) is 0 Å². The van der Waals surface area contributed by atoms with E-state index in [1.807, 2.05) is 19.9 Å². The number of aryl methyl sites for hydroxylation is 2. The summed E-state index contributed by atoms with van der Waals surface area (Å²) in [4.78, 5) is 25.3. The number of nitrogens with one attached hydrogen (secondary N) is 2. The number of hydrogen-bond donors (Lipinski definition) is 2. The normalized spacial score (nSPS) is 10.3. The van der Waals surface area contributed by atoms with Crippen molar-refractivity contribution >= 4 is 23.2 Å². The molecule has 30 heavy (non-hydrogen) atoms. The van der Waals surface area contributed by atoms with Gasteiger partial charge < -0.3 is 20.1 Å². The predicted octanol–water partition coefficient (Wildman–Crippen LogP) is 4.83. The topological polar surface area (TPSA) is 76.7 Å². The van der Waals surface area contributed by atoms with Crippen molar-refractivity contribution in [3.8, 4) is 11.5 Å². The molecule has 2 amide bonds. The number of methoxy groups -OCH3 is 2. The van der Waals surface area contributed by atoms with E-state index in [4.69, 9.17) is 9.47 Å². The molecule has 3 rings (SSSR count). The summed E-state index contributed by atoms with van der Waals surface area (Å²) in [5.74, 6) is 0.597. The Bertz CT molecular complexity index is 1080. The lowest BCUT2D eigenvalue weighted by Gasteiger charge is -2.14. The van der Waals surface area contributed by atoms with E-state index in [1.165, 1.54) is 0 Å². The van der Waals surface area contributed by atoms with Crippen LogP contribution in [-0.2, 0) is 0 Å². The molecule has 0 aliphatic heterocycles. The highest BCUT2D eigenvalue weighted by Crippen LogP contribution is 2.33. The number of carbonyl (C=O) groups is 2. The van der Waals surface area contributed by atoms with Gasteiger partial charge in [0, 0.05) is 28.6 Å². The zero-order valence-electron chi connectivity index (χ0n) is 17.4. The summed E-state index contributed by atoms with van der Waals surface area (Å²) >= 11 is 0. The number of hydrogen-bond acceptors (Lipinski definition) is 4. The molecule has 3 aromatic rings. The number of anilines is 2. The molecule has 0 bridgehead atoms. The Balaban J connectivity index is 1.82. The van der Waals surface area contributed by atoms with Gasteiger partial charge in [0.25, 0.3) is 11.8 Å². The van der Waals surface area contributed by atoms with Crippen molar-refractivity contribution < 1.29 is 19.1 Å². The Labute approximate surface area is 175 Å². The van der Waals surface area contributed by atoms with Crippen LogP contribution in [-0.4, -0.2) is 26.0 Å². The molecule has 2 N–H and O–H groups in total. The number of amides is 2. The second-order valence-corrected chi connectivity index (χ2v) is 6.83. The number of ether oxygens (including phenoxy) is 2. The molecule has 0 atom stereocenters. The molecule has 0 aliphatic carbocycles. The van der Waals surface area contributed by atoms with E-state index in [-0.39, 0.29) is 11.8 Å². The van der Waals surface area contributed by atoms with Gasteiger partial charge in [-0.25, -0.2) is 0 Å². The van der Waals surface area contributed by atoms with E-state index in [9.17, 15) is 9.59 Å². The summed E-state index contributed by atoms with van der Waals surface area (Å²) in [7, 11) is 3.10. The molecule has 0 spiro atoms. The molecule has 0 radical (unpaired) electrons. The lowest BCUT2D eigenvalue weighted by molar-refractivity contribution is 0.101. The SMILES string of the molecule is COc1cc(C)c(NC(=O)c2ccc(C)c(NC(=O)c3ccccc3)c2)cc1OC. The van der Waals surface area contributed by atoms with E-state index >= 15 is 0 Å². The van der Waals surface area contributed by atoms with Crippen LogP contribution in [0.25, 0.3) is 0 Å². The van der Waals surface area contributed by atoms with Gasteiger partial charge in [0.15, 0.2) is 11.5 Å². The van der Waals surface area contributed by atoms with Crippen molar-refractivity contribution in [3.63, 3.8) is 0 Å². The van der Waals surface area contributed by atoms with Crippen molar-refractivity contribution in [1.29, 1.82) is 0 Å². The van der Waals surface area contributed by atoms with Crippen LogP contribution in [0.15, 0.2) is 60.7 Å². The lowest BCUT2D eigenvalue weighted by Crippen LogP contribution is -2.16. The van der Waals surface area contributed by atoms with Gasteiger partial charge in [-0.3, -0.25) is 9.59 Å². The quantitative estimate of drug-likeness (QED) is 0.617. The average molecular weight is 404 g/mol. The predicted molar refractivity (Wildman–Crippen MR) is 118 cm³/mol. The summed E-state index contributed by atoms with van der Waals surface area (Å²) in [6.07, 6.45) is 0. The van der Waals surface area contributed by atoms with Gasteiger partial charge >= 0.3 is 0 Å². The van der Waals surface area contributed by atoms with Gasteiger partial charge in [-0.1, -0.05) is 24.3 Å². The molecule has 6 heteroatoms. The highest BCUT2D eigenvalue weighted by Gasteiger charge is 2.14. The summed E-state index contributed by atoms with van der Waals surface area (Å²) in [5, 5.41) is 5.77. The Morgan fingerprint density at radius 2 is 1.23 bits per heavy atom. The molecule has 0 aromatic heterocycles. The van der Waals surface area contributed by atoms with Crippen LogP contribution in [0.5, 0.6) is 11.5 Å². The summed E-state index contributed by atoms with van der Waals surface area (Å²) in [6.45, 7) is 3.75. The minimum atomic E-state index is -0.291. The van der Waals surface area contributed by atoms with Crippen molar-refractivity contribution in [1.82, 2.24) is 0 Å². The molecule has 0 heterocycles. The van der Waals surface area contributed by atoms with Crippen LogP contribution in [0.4, 0.5) is 11.4 Å². The molecule has 0 saturated heterocycles. The van der Waals surface area contributed by atoms with Crippen LogP contribution >= 0.6 is 0 Å². The van der Waals surface area contributed by atoms with Crippen molar-refractivity contribution in [2.75, 3.05) is 24.9 Å². The monoisotopic (exact) mass is 404 g/mol. The largest absolute Gasteiger partial charge is 0.493 e. The van der Waals surface area contributed by atoms with E-state index < -0.39 is 0 Å². The molecule has 0 saturated carbocycles. The van der Waals surface area contributed by atoms with Crippen LogP contribution in [0.1, 0.15) is 31.8 Å². The maximum Gasteiger partial charge on any atom is 0.255 e. The first-order valence-electron chi connectivity index (χ1n) is 9.44. The van der Waals surface area contributed by atoms with Crippen LogP contribution in [0.3, 0.4) is 0 Å². The molecule has 3 aromatic carbocycles. The number of benzene rings is 3. The second kappa shape index (κ2) is 9.13. The van der Waals surface area contributed by atoms with E-state index in [0.717, 1.165) is 11.1 Å². The highest BCUT2D eigenvalue weighted by molar-refractivity contribution is 6.08. The smallest absolute Gasteiger partial charge is 0.255 e. The van der Waals surface area contributed by atoms with Gasteiger partial charge in [-0.2, -0.15) is 0 Å². The van der Waals surface area contributed by atoms with Gasteiger partial charge in [-0.05, 0) is 55.3 Å². The third kappa shape index (κ3) is 4.60. The summed E-state index contributed by atoms with van der Waals surface area (Å²) in [5.41, 5.74) is 3.88. The van der Waals surface area contributed by atoms with Gasteiger partial charge in [0.1, 0.15) is 0 Å². The minimum Gasteiger partial charge on any atom is -0.493 e. The molecule has 0 aliphatic rings. The number of carbonyl (C=O) groups excluding carboxylic acids is 2. The molecule has 154 valence electrons. The first-order valence-corrected chi connectivity index (χ1v) is 9.44. The Morgan fingerprint density at radius 3 is 1.87 bits per heavy atom. The number of rotatable bonds is 6. The molecule has 0 unspecified atom stereocenters. The van der Waals surface area contributed by atoms with E-state index in [0.29, 0.717) is 34.0 Å². The first-order chi connectivity index (χ1) is 14.4. The molecule has 6 nitrogen and oxygen atoms in total.